The summed E-state index contributed by atoms with van der Waals surface area (Å²) >= 11 is 0. The summed E-state index contributed by atoms with van der Waals surface area (Å²) in [7, 11) is 0. The molecular weight excluding hydrogens is 192 g/mol. The largest absolute Gasteiger partial charge is 0.480 e. The van der Waals surface area contributed by atoms with E-state index in [-0.39, 0.29) is 13.1 Å². The molecule has 8 nitrogen and oxygen atoms in total. The monoisotopic (exact) mass is 208 g/mol. The fourth-order valence-electron chi connectivity index (χ4n) is 0.202. The van der Waals surface area contributed by atoms with E-state index in [2.05, 4.69) is 0 Å². The number of carboxylic acid groups (broad SMARTS) is 2. The molecule has 2 atom stereocenters. The fourth-order valence-corrected chi connectivity index (χ4v) is 0.202. The molecule has 84 valence electrons. The highest BCUT2D eigenvalue weighted by Gasteiger charge is 2.06. The summed E-state index contributed by atoms with van der Waals surface area (Å²) in [6, 6.07) is -1.81. The summed E-state index contributed by atoms with van der Waals surface area (Å²) in [5.74, 6) is -2.11. The van der Waals surface area contributed by atoms with Crippen LogP contribution >= 0.6 is 0 Å². The second-order valence-electron chi connectivity index (χ2n) is 2.36. The van der Waals surface area contributed by atoms with Crippen LogP contribution in [-0.4, -0.2) is 47.3 Å². The minimum atomic E-state index is -1.05. The second-order valence-corrected chi connectivity index (χ2v) is 2.36. The first-order valence-electron chi connectivity index (χ1n) is 3.73. The number of hydrogen-bond acceptors (Lipinski definition) is 6. The first-order valence-corrected chi connectivity index (χ1v) is 3.73. The third kappa shape index (κ3) is 8.87. The minimum Gasteiger partial charge on any atom is -0.480 e. The molecule has 0 unspecified atom stereocenters. The lowest BCUT2D eigenvalue weighted by atomic mass is 10.3. The van der Waals surface area contributed by atoms with Gasteiger partial charge in [0.05, 0.1) is 0 Å². The van der Waals surface area contributed by atoms with Crippen molar-refractivity contribution in [3.05, 3.63) is 0 Å². The van der Waals surface area contributed by atoms with Crippen LogP contribution in [0.15, 0.2) is 0 Å². The van der Waals surface area contributed by atoms with Gasteiger partial charge in [-0.15, -0.1) is 0 Å². The Hall–Kier alpha value is -1.22. The molecule has 0 heterocycles. The van der Waals surface area contributed by atoms with Crippen molar-refractivity contribution in [2.45, 2.75) is 12.1 Å². The van der Waals surface area contributed by atoms with Gasteiger partial charge in [0.25, 0.3) is 0 Å². The van der Waals surface area contributed by atoms with Crippen molar-refractivity contribution in [1.29, 1.82) is 0 Å². The number of hydrogen-bond donors (Lipinski definition) is 6. The molecule has 0 aliphatic rings. The van der Waals surface area contributed by atoms with Crippen LogP contribution in [0, 0.1) is 0 Å². The van der Waals surface area contributed by atoms with Crippen LogP contribution in [0.3, 0.4) is 0 Å². The predicted molar refractivity (Wildman–Crippen MR) is 49.3 cm³/mol. The Morgan fingerprint density at radius 1 is 0.929 bits per heavy atom. The van der Waals surface area contributed by atoms with Crippen LogP contribution in [0.2, 0.25) is 0 Å². The van der Waals surface area contributed by atoms with Gasteiger partial charge in [0.2, 0.25) is 0 Å². The first kappa shape index (κ1) is 15.3. The summed E-state index contributed by atoms with van der Waals surface area (Å²) < 4.78 is 0. The fraction of sp³-hybridized carbons (Fsp3) is 0.667. The third-order valence-corrected chi connectivity index (χ3v) is 1.14. The molecule has 0 aromatic rings. The van der Waals surface area contributed by atoms with Gasteiger partial charge >= 0.3 is 11.9 Å². The lowest BCUT2D eigenvalue weighted by molar-refractivity contribution is -0.139. The molecule has 0 saturated heterocycles. The van der Waals surface area contributed by atoms with Crippen molar-refractivity contribution >= 4 is 11.9 Å². The van der Waals surface area contributed by atoms with Crippen LogP contribution < -0.4 is 22.9 Å². The van der Waals surface area contributed by atoms with Crippen molar-refractivity contribution in [3.63, 3.8) is 0 Å². The SMILES string of the molecule is NC[C@@H](N)C(=O)O.NC[C@@H](N)C(=O)O. The van der Waals surface area contributed by atoms with E-state index in [1.54, 1.807) is 0 Å². The molecule has 0 saturated carbocycles. The molecular formula is C6H16N4O4. The highest BCUT2D eigenvalue weighted by molar-refractivity contribution is 5.73. The quantitative estimate of drug-likeness (QED) is 0.278. The first-order chi connectivity index (χ1) is 6.36. The van der Waals surface area contributed by atoms with Crippen molar-refractivity contribution in [1.82, 2.24) is 0 Å². The van der Waals surface area contributed by atoms with E-state index in [1.807, 2.05) is 0 Å². The molecule has 0 radical (unpaired) electrons. The Bertz CT molecular complexity index is 167. The van der Waals surface area contributed by atoms with E-state index in [0.717, 1.165) is 0 Å². The number of aliphatic carboxylic acids is 2. The van der Waals surface area contributed by atoms with Crippen LogP contribution in [0.25, 0.3) is 0 Å². The normalized spacial score (nSPS) is 13.4. The van der Waals surface area contributed by atoms with Crippen molar-refractivity contribution < 1.29 is 19.8 Å². The van der Waals surface area contributed by atoms with Gasteiger partial charge in [-0.2, -0.15) is 0 Å². The van der Waals surface area contributed by atoms with Crippen molar-refractivity contribution in [2.75, 3.05) is 13.1 Å². The molecule has 0 aromatic carbocycles. The average molecular weight is 208 g/mol. The molecule has 10 N–H and O–H groups in total. The molecule has 0 amide bonds. The number of rotatable bonds is 4. The minimum absolute atomic E-state index is 0.00463. The lowest BCUT2D eigenvalue weighted by Gasteiger charge is -1.97. The van der Waals surface area contributed by atoms with Crippen LogP contribution in [0.1, 0.15) is 0 Å². The smallest absolute Gasteiger partial charge is 0.321 e. The molecule has 0 fully saturated rings. The highest BCUT2D eigenvalue weighted by atomic mass is 16.4. The van der Waals surface area contributed by atoms with Gasteiger partial charge in [0.1, 0.15) is 12.1 Å². The summed E-state index contributed by atoms with van der Waals surface area (Å²) in [5, 5.41) is 16.0. The van der Waals surface area contributed by atoms with E-state index in [0.29, 0.717) is 0 Å². The molecule has 8 heteroatoms. The average Bonchev–Trinajstić information content (AvgIpc) is 2.15. The summed E-state index contributed by atoms with van der Waals surface area (Å²) in [6.07, 6.45) is 0. The molecule has 0 aromatic heterocycles. The summed E-state index contributed by atoms with van der Waals surface area (Å²) in [5.41, 5.74) is 19.5. The van der Waals surface area contributed by atoms with E-state index in [9.17, 15) is 9.59 Å². The molecule has 0 aliphatic carbocycles. The Kier molecular flexibility index (Phi) is 9.14. The van der Waals surface area contributed by atoms with Crippen LogP contribution in [0.5, 0.6) is 0 Å². The Morgan fingerprint density at radius 3 is 1.14 bits per heavy atom. The van der Waals surface area contributed by atoms with E-state index < -0.39 is 24.0 Å². The third-order valence-electron chi connectivity index (χ3n) is 1.14. The van der Waals surface area contributed by atoms with Gasteiger partial charge in [0, 0.05) is 13.1 Å². The topological polar surface area (TPSA) is 179 Å². The molecule has 0 spiro atoms. The highest BCUT2D eigenvalue weighted by Crippen LogP contribution is 1.69. The Labute approximate surface area is 80.8 Å². The van der Waals surface area contributed by atoms with Gasteiger partial charge in [-0.1, -0.05) is 0 Å². The maximum absolute atomic E-state index is 9.73. The zero-order chi connectivity index (χ0) is 11.7. The van der Waals surface area contributed by atoms with Gasteiger partial charge in [0.15, 0.2) is 0 Å². The zero-order valence-electron chi connectivity index (χ0n) is 7.59. The van der Waals surface area contributed by atoms with Crippen LogP contribution in [0.4, 0.5) is 0 Å². The van der Waals surface area contributed by atoms with Crippen LogP contribution in [-0.2, 0) is 9.59 Å². The number of carboxylic acids is 2. The van der Waals surface area contributed by atoms with Crippen molar-refractivity contribution in [3.8, 4) is 0 Å². The van der Waals surface area contributed by atoms with Gasteiger partial charge in [-0.3, -0.25) is 9.59 Å². The van der Waals surface area contributed by atoms with E-state index in [4.69, 9.17) is 33.1 Å². The lowest BCUT2D eigenvalue weighted by Crippen LogP contribution is -2.37. The maximum atomic E-state index is 9.73. The Balaban J connectivity index is 0. The molecule has 0 rings (SSSR count). The van der Waals surface area contributed by atoms with Gasteiger partial charge < -0.3 is 33.1 Å². The molecule has 0 bridgehead atoms. The Morgan fingerprint density at radius 2 is 1.14 bits per heavy atom. The summed E-state index contributed by atoms with van der Waals surface area (Å²) in [6.45, 7) is -0.00926. The second kappa shape index (κ2) is 8.38. The van der Waals surface area contributed by atoms with Crippen molar-refractivity contribution in [2.24, 2.45) is 22.9 Å². The standard InChI is InChI=1S/2C3H8N2O2/c2*4-1-2(5)3(6)7/h2*2H,1,4-5H2,(H,6,7)/t2*2-/m11/s1. The predicted octanol–water partition coefficient (Wildman–Crippen LogP) is -3.29. The molecule has 0 aliphatic heterocycles. The van der Waals surface area contributed by atoms with E-state index in [1.165, 1.54) is 0 Å². The number of carbonyl (C=O) groups is 2. The van der Waals surface area contributed by atoms with Gasteiger partial charge in [-0.25, -0.2) is 0 Å². The van der Waals surface area contributed by atoms with Gasteiger partial charge in [-0.05, 0) is 0 Å². The zero-order valence-corrected chi connectivity index (χ0v) is 7.59. The maximum Gasteiger partial charge on any atom is 0.321 e. The summed E-state index contributed by atoms with van der Waals surface area (Å²) in [4.78, 5) is 19.5. The van der Waals surface area contributed by atoms with E-state index >= 15 is 0 Å². The number of nitrogens with two attached hydrogens (primary N) is 4. The molecule has 14 heavy (non-hydrogen) atoms.